The molecule has 1 aliphatic heterocycles. The lowest BCUT2D eigenvalue weighted by atomic mass is 9.96. The molecule has 6 heteroatoms. The van der Waals surface area contributed by atoms with E-state index in [2.05, 4.69) is 15.3 Å². The van der Waals surface area contributed by atoms with Crippen LogP contribution in [0, 0.1) is 11.8 Å². The largest absolute Gasteiger partial charge is 0.345 e. The zero-order chi connectivity index (χ0) is 15.8. The highest BCUT2D eigenvalue weighted by Gasteiger charge is 2.36. The van der Waals surface area contributed by atoms with E-state index in [1.54, 1.807) is 6.33 Å². The number of rotatable bonds is 3. The first-order chi connectivity index (χ1) is 11.2. The molecule has 1 aromatic carbocycles. The summed E-state index contributed by atoms with van der Waals surface area (Å²) in [5.74, 6) is 0.293. The number of amides is 2. The molecule has 1 aromatic heterocycles. The van der Waals surface area contributed by atoms with E-state index in [-0.39, 0.29) is 23.7 Å². The van der Waals surface area contributed by atoms with Crippen LogP contribution in [0.4, 0.5) is 5.69 Å². The molecule has 1 saturated heterocycles. The van der Waals surface area contributed by atoms with Crippen molar-refractivity contribution in [3.8, 4) is 0 Å². The van der Waals surface area contributed by atoms with Gasteiger partial charge < -0.3 is 15.2 Å². The van der Waals surface area contributed by atoms with E-state index in [9.17, 15) is 9.59 Å². The number of nitrogens with zero attached hydrogens (tertiary/aromatic N) is 2. The van der Waals surface area contributed by atoms with Gasteiger partial charge in [0.05, 0.1) is 23.4 Å². The number of imidazole rings is 1. The van der Waals surface area contributed by atoms with Crippen LogP contribution in [0.5, 0.6) is 0 Å². The molecule has 0 spiro atoms. The van der Waals surface area contributed by atoms with Crippen LogP contribution in [0.1, 0.15) is 25.7 Å². The van der Waals surface area contributed by atoms with E-state index in [0.717, 1.165) is 48.9 Å². The molecule has 0 radical (unpaired) electrons. The van der Waals surface area contributed by atoms with Crippen molar-refractivity contribution in [3.63, 3.8) is 0 Å². The minimum absolute atomic E-state index is 0.0196. The number of piperidine rings is 1. The zero-order valence-corrected chi connectivity index (χ0v) is 12.9. The van der Waals surface area contributed by atoms with Crippen molar-refractivity contribution in [2.24, 2.45) is 11.8 Å². The lowest BCUT2D eigenvalue weighted by molar-refractivity contribution is -0.135. The first-order valence-corrected chi connectivity index (χ1v) is 8.24. The summed E-state index contributed by atoms with van der Waals surface area (Å²) in [7, 11) is 0. The van der Waals surface area contributed by atoms with Gasteiger partial charge in [-0.3, -0.25) is 9.59 Å². The molecule has 2 N–H and O–H groups in total. The highest BCUT2D eigenvalue weighted by atomic mass is 16.2. The molecule has 23 heavy (non-hydrogen) atoms. The third kappa shape index (κ3) is 2.81. The second kappa shape index (κ2) is 5.68. The number of carbonyl (C=O) groups is 2. The standard InChI is InChI=1S/C17H20N4O2/c22-16(20-14-5-1-4-13-15(14)19-10-18-13)12-3-2-8-21(9-12)17(23)11-6-7-11/h1,4-5,10-12H,2-3,6-9H2,(H,18,19)(H,20,22). The van der Waals surface area contributed by atoms with E-state index in [4.69, 9.17) is 0 Å². The summed E-state index contributed by atoms with van der Waals surface area (Å²) >= 11 is 0. The average molecular weight is 312 g/mol. The summed E-state index contributed by atoms with van der Waals surface area (Å²) in [5, 5.41) is 2.99. The highest BCUT2D eigenvalue weighted by molar-refractivity contribution is 6.00. The molecule has 6 nitrogen and oxygen atoms in total. The summed E-state index contributed by atoms with van der Waals surface area (Å²) in [4.78, 5) is 34.0. The Balaban J connectivity index is 1.46. The van der Waals surface area contributed by atoms with E-state index >= 15 is 0 Å². The van der Waals surface area contributed by atoms with Crippen molar-refractivity contribution in [1.82, 2.24) is 14.9 Å². The van der Waals surface area contributed by atoms with E-state index in [1.165, 1.54) is 0 Å². The van der Waals surface area contributed by atoms with Crippen LogP contribution < -0.4 is 5.32 Å². The quantitative estimate of drug-likeness (QED) is 0.911. The Morgan fingerprint density at radius 3 is 2.91 bits per heavy atom. The molecule has 0 bridgehead atoms. The van der Waals surface area contributed by atoms with Crippen LogP contribution in [-0.4, -0.2) is 39.8 Å². The molecule has 2 aliphatic rings. The Labute approximate surface area is 134 Å². The molecule has 2 amide bonds. The van der Waals surface area contributed by atoms with Gasteiger partial charge in [0, 0.05) is 19.0 Å². The fraction of sp³-hybridized carbons (Fsp3) is 0.471. The van der Waals surface area contributed by atoms with Crippen molar-refractivity contribution in [2.75, 3.05) is 18.4 Å². The van der Waals surface area contributed by atoms with Crippen LogP contribution in [0.25, 0.3) is 11.0 Å². The topological polar surface area (TPSA) is 78.1 Å². The Hall–Kier alpha value is -2.37. The van der Waals surface area contributed by atoms with Crippen LogP contribution >= 0.6 is 0 Å². The predicted octanol–water partition coefficient (Wildman–Crippen LogP) is 2.15. The molecule has 4 rings (SSSR count). The Morgan fingerprint density at radius 2 is 2.09 bits per heavy atom. The number of benzene rings is 1. The highest BCUT2D eigenvalue weighted by Crippen LogP contribution is 2.32. The number of likely N-dealkylation sites (tertiary alicyclic amines) is 1. The normalized spacial score (nSPS) is 21.4. The van der Waals surface area contributed by atoms with Crippen LogP contribution in [0.2, 0.25) is 0 Å². The van der Waals surface area contributed by atoms with Gasteiger partial charge in [-0.15, -0.1) is 0 Å². The van der Waals surface area contributed by atoms with Gasteiger partial charge in [0.25, 0.3) is 0 Å². The number of aromatic nitrogens is 2. The van der Waals surface area contributed by atoms with Crippen LogP contribution in [0.15, 0.2) is 24.5 Å². The van der Waals surface area contributed by atoms with E-state index in [0.29, 0.717) is 6.54 Å². The first-order valence-electron chi connectivity index (χ1n) is 8.24. The molecule has 1 saturated carbocycles. The number of H-pyrrole nitrogens is 1. The summed E-state index contributed by atoms with van der Waals surface area (Å²) in [5.41, 5.74) is 2.39. The van der Waals surface area contributed by atoms with Gasteiger partial charge in [-0.05, 0) is 37.8 Å². The number of aromatic amines is 1. The summed E-state index contributed by atoms with van der Waals surface area (Å²) < 4.78 is 0. The number of anilines is 1. The summed E-state index contributed by atoms with van der Waals surface area (Å²) in [6.45, 7) is 1.33. The third-order valence-electron chi connectivity index (χ3n) is 4.74. The molecule has 1 unspecified atom stereocenters. The Bertz CT molecular complexity index is 750. The second-order valence-electron chi connectivity index (χ2n) is 6.49. The van der Waals surface area contributed by atoms with Crippen molar-refractivity contribution in [2.45, 2.75) is 25.7 Å². The van der Waals surface area contributed by atoms with Crippen LogP contribution in [0.3, 0.4) is 0 Å². The Morgan fingerprint density at radius 1 is 1.22 bits per heavy atom. The molecule has 1 aliphatic carbocycles. The average Bonchev–Trinajstić information content (AvgIpc) is 3.31. The van der Waals surface area contributed by atoms with Gasteiger partial charge in [-0.25, -0.2) is 4.98 Å². The maximum Gasteiger partial charge on any atom is 0.229 e. The number of carbonyl (C=O) groups excluding carboxylic acids is 2. The molecular formula is C17H20N4O2. The molecule has 1 atom stereocenters. The van der Waals surface area contributed by atoms with Gasteiger partial charge in [0.2, 0.25) is 11.8 Å². The van der Waals surface area contributed by atoms with Crippen LogP contribution in [-0.2, 0) is 9.59 Å². The number of hydrogen-bond donors (Lipinski definition) is 2. The zero-order valence-electron chi connectivity index (χ0n) is 12.9. The number of para-hydroxylation sites is 1. The van der Waals surface area contributed by atoms with Gasteiger partial charge in [-0.1, -0.05) is 6.07 Å². The predicted molar refractivity (Wildman–Crippen MR) is 86.8 cm³/mol. The number of hydrogen-bond acceptors (Lipinski definition) is 3. The maximum atomic E-state index is 12.6. The molecular weight excluding hydrogens is 292 g/mol. The van der Waals surface area contributed by atoms with Crippen molar-refractivity contribution >= 4 is 28.5 Å². The Kier molecular flexibility index (Phi) is 3.52. The van der Waals surface area contributed by atoms with E-state index in [1.807, 2.05) is 23.1 Å². The molecule has 2 aromatic rings. The van der Waals surface area contributed by atoms with E-state index < -0.39 is 0 Å². The maximum absolute atomic E-state index is 12.6. The monoisotopic (exact) mass is 312 g/mol. The lowest BCUT2D eigenvalue weighted by Crippen LogP contribution is -2.44. The number of nitrogens with one attached hydrogen (secondary N) is 2. The van der Waals surface area contributed by atoms with Crippen molar-refractivity contribution < 1.29 is 9.59 Å². The molecule has 2 fully saturated rings. The lowest BCUT2D eigenvalue weighted by Gasteiger charge is -2.32. The van der Waals surface area contributed by atoms with Gasteiger partial charge in [0.15, 0.2) is 0 Å². The van der Waals surface area contributed by atoms with Crippen molar-refractivity contribution in [3.05, 3.63) is 24.5 Å². The van der Waals surface area contributed by atoms with Gasteiger partial charge >= 0.3 is 0 Å². The first kappa shape index (κ1) is 14.2. The summed E-state index contributed by atoms with van der Waals surface area (Å²) in [6, 6.07) is 5.67. The minimum atomic E-state index is -0.138. The molecule has 2 heterocycles. The molecule has 120 valence electrons. The second-order valence-corrected chi connectivity index (χ2v) is 6.49. The van der Waals surface area contributed by atoms with Gasteiger partial charge in [-0.2, -0.15) is 0 Å². The third-order valence-corrected chi connectivity index (χ3v) is 4.74. The smallest absolute Gasteiger partial charge is 0.229 e. The SMILES string of the molecule is O=C(Nc1cccc2[nH]cnc12)C1CCCN(C(=O)C2CC2)C1. The van der Waals surface area contributed by atoms with Gasteiger partial charge in [0.1, 0.15) is 5.52 Å². The number of fused-ring (bicyclic) bond motifs is 1. The minimum Gasteiger partial charge on any atom is -0.345 e. The fourth-order valence-electron chi connectivity index (χ4n) is 3.28. The van der Waals surface area contributed by atoms with Crippen molar-refractivity contribution in [1.29, 1.82) is 0 Å². The summed E-state index contributed by atoms with van der Waals surface area (Å²) in [6.07, 6.45) is 5.36. The fourth-order valence-corrected chi connectivity index (χ4v) is 3.28.